The lowest BCUT2D eigenvalue weighted by molar-refractivity contribution is -0.115. The van der Waals surface area contributed by atoms with Crippen LogP contribution in [0.4, 0.5) is 39.3 Å². The van der Waals surface area contributed by atoms with Gasteiger partial charge in [-0.05, 0) is 61.7 Å². The second-order valence-corrected chi connectivity index (χ2v) is 8.86. The molecule has 0 atom stereocenters. The highest BCUT2D eigenvalue weighted by atomic mass is 19.4. The van der Waals surface area contributed by atoms with E-state index in [1.165, 1.54) is 18.3 Å². The fraction of sp³-hybridized carbons (Fsp3) is 0.250. The summed E-state index contributed by atoms with van der Waals surface area (Å²) in [6.07, 6.45) is -0.459. The minimum atomic E-state index is -4.46. The highest BCUT2D eigenvalue weighted by Crippen LogP contribution is 2.33. The summed E-state index contributed by atoms with van der Waals surface area (Å²) < 4.78 is 68.1. The van der Waals surface area contributed by atoms with Crippen LogP contribution in [0.25, 0.3) is 11.8 Å². The Hall–Kier alpha value is -4.28. The van der Waals surface area contributed by atoms with Gasteiger partial charge in [-0.25, -0.2) is 9.97 Å². The molecule has 0 unspecified atom stereocenters. The van der Waals surface area contributed by atoms with Crippen molar-refractivity contribution in [1.29, 1.82) is 0 Å². The summed E-state index contributed by atoms with van der Waals surface area (Å²) >= 11 is 0. The molecule has 0 amide bonds. The molecule has 3 aromatic rings. The minimum Gasteiger partial charge on any atom is -0.435 e. The lowest BCUT2D eigenvalue weighted by Crippen LogP contribution is -2.41. The Kier molecular flexibility index (Phi) is 7.98. The summed E-state index contributed by atoms with van der Waals surface area (Å²) in [6, 6.07) is 11.6. The summed E-state index contributed by atoms with van der Waals surface area (Å²) in [4.78, 5) is 14.9. The second-order valence-electron chi connectivity index (χ2n) is 8.86. The Morgan fingerprint density at radius 2 is 1.87 bits per heavy atom. The molecule has 4 rings (SSSR count). The maximum absolute atomic E-state index is 12.8. The highest BCUT2D eigenvalue weighted by molar-refractivity contribution is 5.89. The SMILES string of the molecule is C=C1C(c2ccc(OC(F)F)cc2)=c2nc(NCC(F)(F)F)ncc2=CN1c1ccc(/N=C(/C)CC)c(C)c1. The first-order chi connectivity index (χ1) is 18.4. The first kappa shape index (κ1) is 27.7. The van der Waals surface area contributed by atoms with Crippen LogP contribution in [-0.2, 0) is 0 Å². The van der Waals surface area contributed by atoms with Crippen LogP contribution in [0.1, 0.15) is 31.4 Å². The number of anilines is 2. The van der Waals surface area contributed by atoms with Crippen LogP contribution in [0.5, 0.6) is 5.75 Å². The minimum absolute atomic E-state index is 0.0382. The van der Waals surface area contributed by atoms with Gasteiger partial charge in [-0.15, -0.1) is 0 Å². The Morgan fingerprint density at radius 1 is 1.15 bits per heavy atom. The smallest absolute Gasteiger partial charge is 0.405 e. The summed E-state index contributed by atoms with van der Waals surface area (Å²) in [5.74, 6) is -0.246. The van der Waals surface area contributed by atoms with E-state index in [4.69, 9.17) is 0 Å². The summed E-state index contributed by atoms with van der Waals surface area (Å²) in [5, 5.41) is 3.07. The van der Waals surface area contributed by atoms with Crippen LogP contribution in [0, 0.1) is 6.92 Å². The van der Waals surface area contributed by atoms with Gasteiger partial charge in [0.05, 0.1) is 11.0 Å². The number of halogens is 5. The molecule has 0 saturated heterocycles. The third kappa shape index (κ3) is 6.60. The second kappa shape index (κ2) is 11.2. The molecule has 0 fully saturated rings. The van der Waals surface area contributed by atoms with E-state index in [0.717, 1.165) is 29.1 Å². The van der Waals surface area contributed by atoms with Crippen LogP contribution < -0.4 is 25.5 Å². The summed E-state index contributed by atoms with van der Waals surface area (Å²) in [6.45, 7) is 5.90. The lowest BCUT2D eigenvalue weighted by Gasteiger charge is -2.28. The average molecular weight is 544 g/mol. The largest absolute Gasteiger partial charge is 0.435 e. The third-order valence-corrected chi connectivity index (χ3v) is 6.00. The van der Waals surface area contributed by atoms with Gasteiger partial charge in [-0.3, -0.25) is 4.99 Å². The fourth-order valence-electron chi connectivity index (χ4n) is 3.96. The van der Waals surface area contributed by atoms with Gasteiger partial charge in [-0.2, -0.15) is 22.0 Å². The lowest BCUT2D eigenvalue weighted by atomic mass is 9.98. The van der Waals surface area contributed by atoms with Crippen LogP contribution in [-0.4, -0.2) is 35.0 Å². The average Bonchev–Trinajstić information content (AvgIpc) is 2.88. The predicted octanol–water partition coefficient (Wildman–Crippen LogP) is 5.83. The van der Waals surface area contributed by atoms with E-state index in [2.05, 4.69) is 31.6 Å². The van der Waals surface area contributed by atoms with E-state index < -0.39 is 19.3 Å². The zero-order valence-corrected chi connectivity index (χ0v) is 21.5. The Balaban J connectivity index is 1.83. The van der Waals surface area contributed by atoms with Crippen LogP contribution in [0.2, 0.25) is 0 Å². The molecule has 2 heterocycles. The molecule has 0 bridgehead atoms. The number of allylic oxidation sites excluding steroid dienone is 1. The zero-order valence-electron chi connectivity index (χ0n) is 21.5. The van der Waals surface area contributed by atoms with Crippen molar-refractivity contribution >= 4 is 34.8 Å². The molecule has 1 aliphatic heterocycles. The van der Waals surface area contributed by atoms with Gasteiger partial charge in [0, 0.05) is 40.3 Å². The standard InChI is InChI=1S/C28H26F5N5O/c1-5-17(3)36-23-11-8-21(12-16(23)2)38-14-20-13-34-27(35-15-28(31,32)33)37-25(20)24(18(38)4)19-6-9-22(10-7-19)39-26(29)30/h6-14,26H,4-5,15H2,1-3H3,(H,35,37)/b36-17-. The molecule has 0 radical (unpaired) electrons. The van der Waals surface area contributed by atoms with Crippen LogP contribution in [0.15, 0.2) is 65.9 Å². The van der Waals surface area contributed by atoms with Gasteiger partial charge >= 0.3 is 12.8 Å². The molecule has 0 spiro atoms. The van der Waals surface area contributed by atoms with Crippen LogP contribution in [0.3, 0.4) is 0 Å². The number of aliphatic imine (C=N–C) groups is 1. The molecule has 204 valence electrons. The number of hydrogen-bond acceptors (Lipinski definition) is 6. The van der Waals surface area contributed by atoms with E-state index in [1.54, 1.807) is 18.3 Å². The Labute approximate surface area is 221 Å². The molecule has 39 heavy (non-hydrogen) atoms. The zero-order chi connectivity index (χ0) is 28.3. The molecule has 0 aliphatic carbocycles. The molecular formula is C28H26F5N5O. The first-order valence-electron chi connectivity index (χ1n) is 12.0. The van der Waals surface area contributed by atoms with Crippen molar-refractivity contribution in [2.24, 2.45) is 4.99 Å². The van der Waals surface area contributed by atoms with Crippen molar-refractivity contribution in [2.75, 3.05) is 16.8 Å². The number of rotatable bonds is 8. The van der Waals surface area contributed by atoms with Crippen molar-refractivity contribution in [3.05, 3.63) is 82.6 Å². The van der Waals surface area contributed by atoms with Gasteiger partial charge in [0.25, 0.3) is 0 Å². The van der Waals surface area contributed by atoms with Gasteiger partial charge in [0.1, 0.15) is 12.3 Å². The summed E-state index contributed by atoms with van der Waals surface area (Å²) in [7, 11) is 0. The number of aryl methyl sites for hydroxylation is 1. The Morgan fingerprint density at radius 3 is 2.49 bits per heavy atom. The molecule has 6 nitrogen and oxygen atoms in total. The Bertz CT molecular complexity index is 1530. The molecule has 0 saturated carbocycles. The number of nitrogens with one attached hydrogen (secondary N) is 1. The van der Waals surface area contributed by atoms with E-state index in [-0.39, 0.29) is 11.7 Å². The third-order valence-electron chi connectivity index (χ3n) is 6.00. The number of aromatic nitrogens is 2. The number of hydrogen-bond donors (Lipinski definition) is 1. The fourth-order valence-corrected chi connectivity index (χ4v) is 3.96. The number of nitrogens with zero attached hydrogens (tertiary/aromatic N) is 4. The molecular weight excluding hydrogens is 517 g/mol. The van der Waals surface area contributed by atoms with Crippen molar-refractivity contribution in [3.63, 3.8) is 0 Å². The quantitative estimate of drug-likeness (QED) is 0.286. The van der Waals surface area contributed by atoms with Crippen molar-refractivity contribution in [1.82, 2.24) is 9.97 Å². The van der Waals surface area contributed by atoms with Gasteiger partial charge in [0.15, 0.2) is 0 Å². The summed E-state index contributed by atoms with van der Waals surface area (Å²) in [5.41, 5.74) is 5.06. The van der Waals surface area contributed by atoms with E-state index >= 15 is 0 Å². The number of ether oxygens (including phenoxy) is 1. The van der Waals surface area contributed by atoms with Crippen molar-refractivity contribution in [3.8, 4) is 5.75 Å². The number of fused-ring (bicyclic) bond motifs is 1. The van der Waals surface area contributed by atoms with Gasteiger partial charge in [0.2, 0.25) is 5.95 Å². The van der Waals surface area contributed by atoms with Gasteiger partial charge in [-0.1, -0.05) is 25.6 Å². The number of benzene rings is 2. The maximum atomic E-state index is 12.8. The number of alkyl halides is 5. The topological polar surface area (TPSA) is 62.6 Å². The van der Waals surface area contributed by atoms with Crippen molar-refractivity contribution < 1.29 is 26.7 Å². The maximum Gasteiger partial charge on any atom is 0.405 e. The molecule has 1 aromatic heterocycles. The molecule has 2 aromatic carbocycles. The van der Waals surface area contributed by atoms with Crippen LogP contribution >= 0.6 is 0 Å². The van der Waals surface area contributed by atoms with E-state index in [9.17, 15) is 22.0 Å². The van der Waals surface area contributed by atoms with Gasteiger partial charge < -0.3 is 15.0 Å². The predicted molar refractivity (Wildman–Crippen MR) is 142 cm³/mol. The molecule has 11 heteroatoms. The monoisotopic (exact) mass is 543 g/mol. The highest BCUT2D eigenvalue weighted by Gasteiger charge is 2.27. The van der Waals surface area contributed by atoms with E-state index in [0.29, 0.717) is 27.4 Å². The molecule has 1 N–H and O–H groups in total. The molecule has 1 aliphatic rings. The van der Waals surface area contributed by atoms with E-state index in [1.807, 2.05) is 43.9 Å². The first-order valence-corrected chi connectivity index (χ1v) is 12.0. The normalized spacial score (nSPS) is 13.9. The van der Waals surface area contributed by atoms with Crippen molar-refractivity contribution in [2.45, 2.75) is 40.0 Å².